The van der Waals surface area contributed by atoms with Gasteiger partial charge in [0, 0.05) is 61.3 Å². The van der Waals surface area contributed by atoms with Crippen molar-refractivity contribution in [3.8, 4) is 11.5 Å². The van der Waals surface area contributed by atoms with Crippen molar-refractivity contribution in [1.82, 2.24) is 5.32 Å². The molecule has 3 amide bonds. The second kappa shape index (κ2) is 12.6. The van der Waals surface area contributed by atoms with Gasteiger partial charge in [0.05, 0.1) is 12.0 Å². The first-order chi connectivity index (χ1) is 21.3. The average molecular weight is 622 g/mol. The number of nitrogens with one attached hydrogen (secondary N) is 1. The third-order valence-electron chi connectivity index (χ3n) is 7.58. The van der Waals surface area contributed by atoms with Crippen molar-refractivity contribution in [2.24, 2.45) is 5.92 Å². The highest BCUT2D eigenvalue weighted by molar-refractivity contribution is 6.00. The molecule has 2 atom stereocenters. The Morgan fingerprint density at radius 2 is 1.33 bits per heavy atom. The molecule has 45 heavy (non-hydrogen) atoms. The predicted octanol–water partition coefficient (Wildman–Crippen LogP) is 2.45. The fraction of sp³-hybridized carbons (Fsp3) is 0.438. The quantitative estimate of drug-likeness (QED) is 0.517. The summed E-state index contributed by atoms with van der Waals surface area (Å²) in [5.74, 6) is -0.584. The number of hydrogen-bond acceptors (Lipinski definition) is 9. The maximum absolute atomic E-state index is 12.3. The van der Waals surface area contributed by atoms with E-state index in [1.54, 1.807) is 62.1 Å². The van der Waals surface area contributed by atoms with E-state index in [2.05, 4.69) is 5.32 Å². The van der Waals surface area contributed by atoms with Gasteiger partial charge in [0.1, 0.15) is 30.3 Å². The van der Waals surface area contributed by atoms with Crippen LogP contribution in [0.25, 0.3) is 0 Å². The molecular formula is C32H35N3O10. The van der Waals surface area contributed by atoms with E-state index in [0.717, 1.165) is 11.1 Å². The van der Waals surface area contributed by atoms with Gasteiger partial charge in [0.2, 0.25) is 11.8 Å². The number of carboxylic acid groups (broad SMARTS) is 1. The molecule has 6 rings (SSSR count). The van der Waals surface area contributed by atoms with Gasteiger partial charge in [-0.05, 0) is 57.2 Å². The highest BCUT2D eigenvalue weighted by atomic mass is 16.6. The van der Waals surface area contributed by atoms with E-state index in [1.807, 2.05) is 0 Å². The summed E-state index contributed by atoms with van der Waals surface area (Å²) in [7, 11) is 0. The van der Waals surface area contributed by atoms with E-state index >= 15 is 0 Å². The van der Waals surface area contributed by atoms with Gasteiger partial charge in [0.15, 0.2) is 11.6 Å². The smallest absolute Gasteiger partial charge is 0.407 e. The number of carboxylic acids is 1. The van der Waals surface area contributed by atoms with E-state index in [0.29, 0.717) is 35.8 Å². The Morgan fingerprint density at radius 3 is 1.82 bits per heavy atom. The van der Waals surface area contributed by atoms with Gasteiger partial charge in [0.25, 0.3) is 0 Å². The van der Waals surface area contributed by atoms with Crippen molar-refractivity contribution >= 4 is 46.8 Å². The molecule has 0 aliphatic carbocycles. The van der Waals surface area contributed by atoms with Gasteiger partial charge in [-0.25, -0.2) is 4.79 Å². The number of benzene rings is 2. The fourth-order valence-corrected chi connectivity index (χ4v) is 5.52. The summed E-state index contributed by atoms with van der Waals surface area (Å²) >= 11 is 0. The number of anilines is 2. The largest absolute Gasteiger partial charge is 0.486 e. The van der Waals surface area contributed by atoms with Gasteiger partial charge in [-0.15, -0.1) is 0 Å². The lowest BCUT2D eigenvalue weighted by atomic mass is 10.0. The number of hydrogen-bond donors (Lipinski definition) is 2. The van der Waals surface area contributed by atoms with Crippen molar-refractivity contribution in [3.05, 3.63) is 47.5 Å². The first kappa shape index (κ1) is 31.5. The lowest BCUT2D eigenvalue weighted by Gasteiger charge is -2.23. The van der Waals surface area contributed by atoms with Crippen molar-refractivity contribution < 1.29 is 48.1 Å². The first-order valence-corrected chi connectivity index (χ1v) is 14.6. The summed E-state index contributed by atoms with van der Waals surface area (Å²) in [5, 5.41) is 11.7. The van der Waals surface area contributed by atoms with Crippen LogP contribution in [0.1, 0.15) is 44.7 Å². The van der Waals surface area contributed by atoms with E-state index in [1.165, 1.54) is 4.90 Å². The molecule has 13 heteroatoms. The predicted molar refractivity (Wildman–Crippen MR) is 160 cm³/mol. The summed E-state index contributed by atoms with van der Waals surface area (Å²) in [5.41, 5.74) is 2.26. The van der Waals surface area contributed by atoms with Crippen LogP contribution < -0.4 is 24.6 Å². The molecule has 4 aliphatic rings. The minimum atomic E-state index is -0.961. The van der Waals surface area contributed by atoms with Crippen LogP contribution in [0.4, 0.5) is 16.2 Å². The Morgan fingerprint density at radius 1 is 0.822 bits per heavy atom. The normalized spacial score (nSPS) is 20.8. The topological polar surface area (TPSA) is 169 Å². The SMILES string of the molecule is CC(C)(C)OC(=O)NC1CC(=O)N(c2ccc3c(c2)CC(=O)CO3)C1.O=C1COc2ccc(N3CC(C(=O)O)CC3=O)cc2C1. The van der Waals surface area contributed by atoms with Crippen LogP contribution in [0.3, 0.4) is 0 Å². The lowest BCUT2D eigenvalue weighted by molar-refractivity contribution is -0.141. The highest BCUT2D eigenvalue weighted by Crippen LogP contribution is 2.32. The Bertz CT molecular complexity index is 1560. The summed E-state index contributed by atoms with van der Waals surface area (Å²) in [6.07, 6.45) is 0.294. The van der Waals surface area contributed by atoms with Gasteiger partial charge >= 0.3 is 12.1 Å². The minimum Gasteiger partial charge on any atom is -0.486 e. The number of carbonyl (C=O) groups excluding carboxylic acids is 5. The van der Waals surface area contributed by atoms with Crippen LogP contribution in [0.15, 0.2) is 36.4 Å². The van der Waals surface area contributed by atoms with Gasteiger partial charge in [-0.1, -0.05) is 0 Å². The van der Waals surface area contributed by atoms with E-state index < -0.39 is 23.6 Å². The molecule has 2 aromatic rings. The molecule has 13 nitrogen and oxygen atoms in total. The summed E-state index contributed by atoms with van der Waals surface area (Å²) in [6.45, 7) is 6.07. The number of rotatable bonds is 4. The Kier molecular flexibility index (Phi) is 8.80. The molecular weight excluding hydrogens is 586 g/mol. The number of amides is 3. The Hall–Kier alpha value is -4.94. The van der Waals surface area contributed by atoms with Crippen molar-refractivity contribution in [3.63, 3.8) is 0 Å². The lowest BCUT2D eigenvalue weighted by Crippen LogP contribution is -2.40. The van der Waals surface area contributed by atoms with E-state index in [4.69, 9.17) is 19.3 Å². The van der Waals surface area contributed by atoms with Crippen LogP contribution in [-0.4, -0.2) is 78.5 Å². The minimum absolute atomic E-state index is 0.00851. The number of carbonyl (C=O) groups is 6. The second-order valence-corrected chi connectivity index (χ2v) is 12.4. The molecule has 0 radical (unpaired) electrons. The van der Waals surface area contributed by atoms with E-state index in [9.17, 15) is 28.8 Å². The molecule has 2 N–H and O–H groups in total. The monoisotopic (exact) mass is 621 g/mol. The van der Waals surface area contributed by atoms with Crippen LogP contribution >= 0.6 is 0 Å². The number of ketones is 2. The van der Waals surface area contributed by atoms with Crippen LogP contribution in [0.5, 0.6) is 11.5 Å². The highest BCUT2D eigenvalue weighted by Gasteiger charge is 2.36. The molecule has 0 bridgehead atoms. The maximum Gasteiger partial charge on any atom is 0.407 e. The molecule has 0 spiro atoms. The summed E-state index contributed by atoms with van der Waals surface area (Å²) in [6, 6.07) is 10.2. The van der Waals surface area contributed by atoms with Crippen molar-refractivity contribution in [1.29, 1.82) is 0 Å². The maximum atomic E-state index is 12.3. The number of aliphatic carboxylic acids is 1. The van der Waals surface area contributed by atoms with Crippen LogP contribution in [0.2, 0.25) is 0 Å². The zero-order chi connectivity index (χ0) is 32.5. The zero-order valence-electron chi connectivity index (χ0n) is 25.3. The van der Waals surface area contributed by atoms with Crippen LogP contribution in [0, 0.1) is 5.92 Å². The fourth-order valence-electron chi connectivity index (χ4n) is 5.52. The van der Waals surface area contributed by atoms with E-state index in [-0.39, 0.29) is 68.4 Å². The third kappa shape index (κ3) is 7.59. The molecule has 4 heterocycles. The molecule has 2 fully saturated rings. The second-order valence-electron chi connectivity index (χ2n) is 12.4. The molecule has 2 unspecified atom stereocenters. The molecule has 0 aromatic heterocycles. The first-order valence-electron chi connectivity index (χ1n) is 14.6. The number of ether oxygens (including phenoxy) is 3. The van der Waals surface area contributed by atoms with Gasteiger partial charge in [-0.2, -0.15) is 0 Å². The molecule has 2 saturated heterocycles. The Balaban J connectivity index is 0.000000182. The molecule has 2 aromatic carbocycles. The Labute approximate surface area is 259 Å². The average Bonchev–Trinajstić information content (AvgIpc) is 3.53. The molecule has 238 valence electrons. The number of nitrogens with zero attached hydrogens (tertiary/aromatic N) is 2. The van der Waals surface area contributed by atoms with Gasteiger partial charge in [-0.3, -0.25) is 24.0 Å². The van der Waals surface area contributed by atoms with Crippen molar-refractivity contribution in [2.75, 3.05) is 36.1 Å². The number of alkyl carbamates (subject to hydrolysis) is 1. The third-order valence-corrected chi connectivity index (χ3v) is 7.58. The standard InChI is InChI=1S/C18H22N2O5.C14H13NO5/c1-18(2,3)25-17(23)19-12-8-16(22)20(9-12)13-4-5-15-11(6-13)7-14(21)10-24-15;16-11-4-8-3-10(1-2-12(8)20-7-11)15-6-9(14(18)19)5-13(15)17/h4-6,12H,7-10H2,1-3H3,(H,19,23);1-3,9H,4-7H2,(H,18,19). The summed E-state index contributed by atoms with van der Waals surface area (Å²) in [4.78, 5) is 73.0. The zero-order valence-corrected chi connectivity index (χ0v) is 25.3. The van der Waals surface area contributed by atoms with Crippen LogP contribution in [-0.2, 0) is 41.6 Å². The number of Topliss-reactive ketones (excluding diaryl/α,β-unsaturated/α-hetero) is 2. The summed E-state index contributed by atoms with van der Waals surface area (Å²) < 4.78 is 15.9. The number of fused-ring (bicyclic) bond motifs is 2. The van der Waals surface area contributed by atoms with Crippen molar-refractivity contribution in [2.45, 2.75) is 58.1 Å². The molecule has 4 aliphatic heterocycles. The molecule has 0 saturated carbocycles. The van der Waals surface area contributed by atoms with Gasteiger partial charge < -0.3 is 34.4 Å².